The van der Waals surface area contributed by atoms with Gasteiger partial charge in [0, 0.05) is 24.2 Å². The Balaban J connectivity index is 1.63. The number of nitrogens with zero attached hydrogens (tertiary/aromatic N) is 5. The standard InChI is InChI=1S/C18H12ClF4N5O2S/c1-31(29,27-14-4-3-11(20)6-13(14)19)9-12-8-28-7-10(2-5-15(28)24-12)16-25-17(30-26-16)18(21,22)23/h2-8H,9H2,1H3. The zero-order chi connectivity index (χ0) is 22.4. The lowest BCUT2D eigenvalue weighted by Crippen LogP contribution is -2.04. The highest BCUT2D eigenvalue weighted by Gasteiger charge is 2.38. The van der Waals surface area contributed by atoms with Crippen LogP contribution in [0.2, 0.25) is 5.02 Å². The summed E-state index contributed by atoms with van der Waals surface area (Å²) in [6, 6.07) is 6.60. The normalized spacial score (nSPS) is 14.0. The highest BCUT2D eigenvalue weighted by atomic mass is 35.5. The second-order valence-electron chi connectivity index (χ2n) is 6.63. The first-order valence-electron chi connectivity index (χ1n) is 8.54. The number of hydrogen-bond donors (Lipinski definition) is 0. The lowest BCUT2D eigenvalue weighted by molar-refractivity contribution is -0.159. The minimum Gasteiger partial charge on any atom is -0.329 e. The van der Waals surface area contributed by atoms with E-state index in [0.717, 1.165) is 12.1 Å². The molecule has 1 aromatic carbocycles. The third-order valence-electron chi connectivity index (χ3n) is 4.04. The number of halogens is 5. The molecule has 7 nitrogen and oxygen atoms in total. The fraction of sp³-hybridized carbons (Fsp3) is 0.167. The summed E-state index contributed by atoms with van der Waals surface area (Å²) in [7, 11) is -2.82. The monoisotopic (exact) mass is 473 g/mol. The van der Waals surface area contributed by atoms with Gasteiger partial charge in [0.2, 0.25) is 5.82 Å². The van der Waals surface area contributed by atoms with Crippen molar-refractivity contribution in [2.24, 2.45) is 4.36 Å². The van der Waals surface area contributed by atoms with Crippen LogP contribution in [-0.4, -0.2) is 30.0 Å². The maximum atomic E-state index is 13.2. The first-order chi connectivity index (χ1) is 14.5. The smallest absolute Gasteiger partial charge is 0.329 e. The molecule has 0 saturated heterocycles. The van der Waals surface area contributed by atoms with Crippen molar-refractivity contribution in [3.63, 3.8) is 0 Å². The lowest BCUT2D eigenvalue weighted by Gasteiger charge is -2.03. The Bertz CT molecular complexity index is 1410. The number of rotatable bonds is 4. The van der Waals surface area contributed by atoms with E-state index in [1.807, 2.05) is 0 Å². The molecule has 0 amide bonds. The molecule has 4 aromatic rings. The lowest BCUT2D eigenvalue weighted by atomic mass is 10.3. The van der Waals surface area contributed by atoms with Crippen molar-refractivity contribution >= 4 is 32.7 Å². The third-order valence-corrected chi connectivity index (χ3v) is 5.76. The molecule has 0 aliphatic carbocycles. The van der Waals surface area contributed by atoms with Crippen LogP contribution in [0.15, 0.2) is 51.6 Å². The van der Waals surface area contributed by atoms with Crippen LogP contribution >= 0.6 is 11.6 Å². The second-order valence-corrected chi connectivity index (χ2v) is 9.42. The Morgan fingerprint density at radius 1 is 1.19 bits per heavy atom. The van der Waals surface area contributed by atoms with Crippen molar-refractivity contribution < 1.29 is 26.3 Å². The van der Waals surface area contributed by atoms with Gasteiger partial charge in [-0.3, -0.25) is 0 Å². The molecule has 162 valence electrons. The average Bonchev–Trinajstić information content (AvgIpc) is 3.29. The molecule has 0 bridgehead atoms. The summed E-state index contributed by atoms with van der Waals surface area (Å²) in [5.41, 5.74) is 1.36. The number of aromatic nitrogens is 4. The predicted octanol–water partition coefficient (Wildman–Crippen LogP) is 5.13. The van der Waals surface area contributed by atoms with E-state index in [0.29, 0.717) is 11.3 Å². The van der Waals surface area contributed by atoms with Gasteiger partial charge >= 0.3 is 12.1 Å². The van der Waals surface area contributed by atoms with Crippen molar-refractivity contribution in [2.75, 3.05) is 6.26 Å². The van der Waals surface area contributed by atoms with Gasteiger partial charge in [-0.1, -0.05) is 16.8 Å². The fourth-order valence-electron chi connectivity index (χ4n) is 2.77. The minimum atomic E-state index is -4.74. The Kier molecular flexibility index (Phi) is 5.21. The van der Waals surface area contributed by atoms with Crippen LogP contribution in [0.1, 0.15) is 11.6 Å². The molecule has 4 rings (SSSR count). The fourth-order valence-corrected chi connectivity index (χ4v) is 4.36. The van der Waals surface area contributed by atoms with Crippen LogP contribution in [0.5, 0.6) is 0 Å². The average molecular weight is 474 g/mol. The number of alkyl halides is 3. The molecule has 0 fully saturated rings. The van der Waals surface area contributed by atoms with Crippen molar-refractivity contribution in [3.8, 4) is 11.4 Å². The Hall–Kier alpha value is -2.99. The van der Waals surface area contributed by atoms with Gasteiger partial charge in [-0.25, -0.2) is 13.6 Å². The maximum absolute atomic E-state index is 13.2. The van der Waals surface area contributed by atoms with E-state index in [1.165, 1.54) is 29.0 Å². The molecule has 3 heterocycles. The molecule has 0 aliphatic rings. The van der Waals surface area contributed by atoms with Crippen LogP contribution in [0.3, 0.4) is 0 Å². The summed E-state index contributed by atoms with van der Waals surface area (Å²) < 4.78 is 74.0. The summed E-state index contributed by atoms with van der Waals surface area (Å²) >= 11 is 5.94. The topological polar surface area (TPSA) is 85.7 Å². The molecular formula is C18H12ClF4N5O2S. The van der Waals surface area contributed by atoms with Gasteiger partial charge in [-0.05, 0) is 30.3 Å². The molecule has 0 aliphatic heterocycles. The van der Waals surface area contributed by atoms with Crippen LogP contribution in [0.4, 0.5) is 23.2 Å². The first-order valence-corrected chi connectivity index (χ1v) is 11.0. The SMILES string of the molecule is CS(=O)(Cc1cn2cc(-c3noc(C(F)(F)F)n3)ccc2n1)=Nc1ccc(F)cc1Cl. The van der Waals surface area contributed by atoms with Gasteiger partial charge in [0.05, 0.1) is 31.9 Å². The van der Waals surface area contributed by atoms with Gasteiger partial charge in [0.15, 0.2) is 0 Å². The van der Waals surface area contributed by atoms with Gasteiger partial charge in [-0.2, -0.15) is 22.5 Å². The van der Waals surface area contributed by atoms with E-state index in [1.54, 1.807) is 12.3 Å². The molecule has 1 unspecified atom stereocenters. The summed E-state index contributed by atoms with van der Waals surface area (Å²) in [6.45, 7) is 0. The molecule has 0 saturated carbocycles. The van der Waals surface area contributed by atoms with E-state index in [2.05, 4.69) is 24.0 Å². The van der Waals surface area contributed by atoms with Gasteiger partial charge in [0.25, 0.3) is 0 Å². The highest BCUT2D eigenvalue weighted by molar-refractivity contribution is 7.92. The molecular weight excluding hydrogens is 462 g/mol. The van der Waals surface area contributed by atoms with Gasteiger partial charge in [-0.15, -0.1) is 0 Å². The predicted molar refractivity (Wildman–Crippen MR) is 105 cm³/mol. The largest absolute Gasteiger partial charge is 0.471 e. The van der Waals surface area contributed by atoms with Crippen molar-refractivity contribution in [1.29, 1.82) is 0 Å². The molecule has 0 N–H and O–H groups in total. The molecule has 13 heteroatoms. The maximum Gasteiger partial charge on any atom is 0.471 e. The van der Waals surface area contributed by atoms with Crippen molar-refractivity contribution in [1.82, 2.24) is 19.5 Å². The zero-order valence-corrected chi connectivity index (χ0v) is 17.2. The van der Waals surface area contributed by atoms with E-state index < -0.39 is 27.6 Å². The molecule has 1 atom stereocenters. The summed E-state index contributed by atoms with van der Waals surface area (Å²) in [5.74, 6) is -2.24. The number of pyridine rings is 1. The number of fused-ring (bicyclic) bond motifs is 1. The quantitative estimate of drug-likeness (QED) is 0.384. The van der Waals surface area contributed by atoms with Crippen LogP contribution in [0, 0.1) is 5.82 Å². The summed E-state index contributed by atoms with van der Waals surface area (Å²) in [6.07, 6.45) is -0.285. The van der Waals surface area contributed by atoms with E-state index >= 15 is 0 Å². The van der Waals surface area contributed by atoms with Crippen LogP contribution in [0.25, 0.3) is 17.0 Å². The molecule has 31 heavy (non-hydrogen) atoms. The molecule has 0 radical (unpaired) electrons. The minimum absolute atomic E-state index is 0.0296. The number of hydrogen-bond acceptors (Lipinski definition) is 6. The Morgan fingerprint density at radius 2 is 1.97 bits per heavy atom. The Labute approximate surface area is 177 Å². The second kappa shape index (κ2) is 7.61. The third kappa shape index (κ3) is 4.69. The zero-order valence-electron chi connectivity index (χ0n) is 15.6. The van der Waals surface area contributed by atoms with E-state index in [-0.39, 0.29) is 27.9 Å². The van der Waals surface area contributed by atoms with Crippen molar-refractivity contribution in [3.05, 3.63) is 65.2 Å². The number of benzene rings is 1. The summed E-state index contributed by atoms with van der Waals surface area (Å²) in [4.78, 5) is 7.69. The summed E-state index contributed by atoms with van der Waals surface area (Å²) in [5, 5.41) is 3.38. The molecule has 3 aromatic heterocycles. The molecule has 0 spiro atoms. The van der Waals surface area contributed by atoms with Crippen LogP contribution in [-0.2, 0) is 21.7 Å². The first kappa shape index (κ1) is 21.2. The number of imidazole rings is 1. The van der Waals surface area contributed by atoms with Gasteiger partial charge < -0.3 is 8.92 Å². The van der Waals surface area contributed by atoms with E-state index in [4.69, 9.17) is 11.6 Å². The van der Waals surface area contributed by atoms with Gasteiger partial charge in [0.1, 0.15) is 11.5 Å². The van der Waals surface area contributed by atoms with Crippen LogP contribution < -0.4 is 0 Å². The Morgan fingerprint density at radius 3 is 2.65 bits per heavy atom. The van der Waals surface area contributed by atoms with Crippen molar-refractivity contribution in [2.45, 2.75) is 11.9 Å². The highest BCUT2D eigenvalue weighted by Crippen LogP contribution is 2.30. The van der Waals surface area contributed by atoms with E-state index in [9.17, 15) is 21.8 Å².